The van der Waals surface area contributed by atoms with Crippen LogP contribution in [-0.4, -0.2) is 62.8 Å². The van der Waals surface area contributed by atoms with Crippen molar-refractivity contribution in [2.75, 3.05) is 0 Å². The van der Waals surface area contributed by atoms with Gasteiger partial charge in [0.25, 0.3) is 0 Å². The quantitative estimate of drug-likeness (QED) is 0.136. The largest absolute Gasteiger partial charge is 0.481 e. The second kappa shape index (κ2) is 10.8. The average molecular weight is 437 g/mol. The summed E-state index contributed by atoms with van der Waals surface area (Å²) in [5, 5.41) is 13.5. The van der Waals surface area contributed by atoms with E-state index in [0.29, 0.717) is 6.42 Å². The molecule has 0 aliphatic heterocycles. The molecule has 0 fully saturated rings. The summed E-state index contributed by atoms with van der Waals surface area (Å²) in [6.45, 7) is 5.45. The van der Waals surface area contributed by atoms with Crippen molar-refractivity contribution in [3.8, 4) is 0 Å². The van der Waals surface area contributed by atoms with Gasteiger partial charge in [-0.2, -0.15) is 0 Å². The zero-order valence-corrected chi connectivity index (χ0v) is 17.9. The summed E-state index contributed by atoms with van der Waals surface area (Å²) in [4.78, 5) is 58.3. The number of carboxylic acid groups (broad SMARTS) is 1. The van der Waals surface area contributed by atoms with Gasteiger partial charge in [0.2, 0.25) is 19.2 Å². The van der Waals surface area contributed by atoms with Crippen LogP contribution in [0.15, 0.2) is 0 Å². The molecule has 2 amide bonds. The molecule has 13 heteroatoms. The summed E-state index contributed by atoms with van der Waals surface area (Å²) in [6, 6.07) is -2.24. The molecule has 0 aromatic heterocycles. The van der Waals surface area contributed by atoms with Crippen LogP contribution in [0.3, 0.4) is 0 Å². The molecule has 0 saturated heterocycles. The van der Waals surface area contributed by atoms with Crippen LogP contribution in [0.4, 0.5) is 0 Å². The zero-order valence-electron chi connectivity index (χ0n) is 17.0. The molecule has 0 bridgehead atoms. The van der Waals surface area contributed by atoms with Gasteiger partial charge in [0.1, 0.15) is 11.8 Å². The number of nitrogens with one attached hydrogen (secondary N) is 2. The summed E-state index contributed by atoms with van der Waals surface area (Å²) in [6.07, 6.45) is -0.312. The first-order chi connectivity index (χ1) is 13.1. The van der Waals surface area contributed by atoms with Crippen LogP contribution in [0.25, 0.3) is 0 Å². The van der Waals surface area contributed by atoms with Crippen molar-refractivity contribution >= 4 is 30.9 Å². The van der Waals surface area contributed by atoms with Gasteiger partial charge in [0.05, 0.1) is 18.2 Å². The van der Waals surface area contributed by atoms with Gasteiger partial charge in [-0.25, -0.2) is 0 Å². The van der Waals surface area contributed by atoms with Crippen molar-refractivity contribution < 1.29 is 33.7 Å². The Morgan fingerprint density at radius 2 is 1.66 bits per heavy atom. The number of carbonyl (C=O) groups is 4. The fraction of sp³-hybridized carbons (Fsp3) is 0.750. The molecule has 0 aliphatic carbocycles. The topological polar surface area (TPSA) is 228 Å². The first kappa shape index (κ1) is 27.1. The van der Waals surface area contributed by atoms with E-state index < -0.39 is 66.5 Å². The average Bonchev–Trinajstić information content (AvgIpc) is 2.58. The Hall–Kier alpha value is -1.85. The molecule has 0 aliphatic rings. The standard InChI is InChI=1S/C16H32N5O7P/c1-5-6-10(20-15(26)16(4,19)13(24)8(2)17)14(25)21-11(7-12(22)23)29(27,28)9(3)18/h8-11H,5-7,17-19H2,1-4H3,(H,20,26)(H,21,25)(H,22,23)(H,27,28)/t8-,9?,10-,11?,16+/m0/s1. The normalized spacial score (nSPS) is 19.6. The number of amides is 2. The maximum atomic E-state index is 12.6. The molecular formula is C16H32N5O7P. The summed E-state index contributed by atoms with van der Waals surface area (Å²) < 4.78 is 12.4. The highest BCUT2D eigenvalue weighted by Crippen LogP contribution is 2.49. The molecule has 10 N–H and O–H groups in total. The SMILES string of the molecule is CCC[C@H](NC(=O)[C@](C)(N)C(=O)[C@H](C)N)C(=O)NC(CC(=O)O)P(=O)(O)C(C)N. The molecule has 3 unspecified atom stereocenters. The molecule has 168 valence electrons. The van der Waals surface area contributed by atoms with Crippen LogP contribution in [0.2, 0.25) is 0 Å². The van der Waals surface area contributed by atoms with Crippen molar-refractivity contribution in [1.29, 1.82) is 0 Å². The number of nitrogens with two attached hydrogens (primary N) is 3. The van der Waals surface area contributed by atoms with Crippen molar-refractivity contribution in [3.05, 3.63) is 0 Å². The van der Waals surface area contributed by atoms with Crippen LogP contribution in [0, 0.1) is 0 Å². The Morgan fingerprint density at radius 3 is 2.03 bits per heavy atom. The Kier molecular flexibility index (Phi) is 10.1. The molecule has 0 heterocycles. The van der Waals surface area contributed by atoms with E-state index in [-0.39, 0.29) is 6.42 Å². The van der Waals surface area contributed by atoms with Gasteiger partial charge in [0.15, 0.2) is 11.3 Å². The third kappa shape index (κ3) is 7.48. The van der Waals surface area contributed by atoms with Gasteiger partial charge >= 0.3 is 5.97 Å². The summed E-state index contributed by atoms with van der Waals surface area (Å²) in [5.74, 6) is -6.96. The highest BCUT2D eigenvalue weighted by Gasteiger charge is 2.41. The van der Waals surface area contributed by atoms with Crippen LogP contribution in [0.1, 0.15) is 47.0 Å². The molecule has 29 heavy (non-hydrogen) atoms. The maximum Gasteiger partial charge on any atom is 0.306 e. The molecule has 12 nitrogen and oxygen atoms in total. The number of aliphatic carboxylic acids is 1. The lowest BCUT2D eigenvalue weighted by atomic mass is 9.92. The summed E-state index contributed by atoms with van der Waals surface area (Å²) in [5.41, 5.74) is 14.7. The third-order valence-corrected chi connectivity index (χ3v) is 6.68. The number of carbonyl (C=O) groups excluding carboxylic acids is 3. The number of hydrogen-bond donors (Lipinski definition) is 7. The van der Waals surface area contributed by atoms with Crippen molar-refractivity contribution in [1.82, 2.24) is 10.6 Å². The van der Waals surface area contributed by atoms with Gasteiger partial charge in [0, 0.05) is 0 Å². The minimum Gasteiger partial charge on any atom is -0.481 e. The summed E-state index contributed by atoms with van der Waals surface area (Å²) >= 11 is 0. The van der Waals surface area contributed by atoms with Crippen molar-refractivity contribution in [2.24, 2.45) is 17.2 Å². The van der Waals surface area contributed by atoms with Crippen molar-refractivity contribution in [2.45, 2.75) is 76.1 Å². The number of rotatable bonds is 12. The van der Waals surface area contributed by atoms with E-state index in [1.165, 1.54) is 13.8 Å². The number of ketones is 1. The van der Waals surface area contributed by atoms with E-state index in [2.05, 4.69) is 10.6 Å². The predicted octanol–water partition coefficient (Wildman–Crippen LogP) is -1.60. The molecule has 0 aromatic rings. The van der Waals surface area contributed by atoms with Crippen LogP contribution < -0.4 is 27.8 Å². The van der Waals surface area contributed by atoms with Crippen molar-refractivity contribution in [3.63, 3.8) is 0 Å². The second-order valence-corrected chi connectivity index (χ2v) is 9.99. The number of hydrogen-bond acceptors (Lipinski definition) is 8. The highest BCUT2D eigenvalue weighted by atomic mass is 31.2. The minimum atomic E-state index is -4.28. The van der Waals surface area contributed by atoms with E-state index in [0.717, 1.165) is 6.92 Å². The van der Waals surface area contributed by atoms with Crippen LogP contribution in [0.5, 0.6) is 0 Å². The fourth-order valence-corrected chi connectivity index (χ4v) is 3.74. The Morgan fingerprint density at radius 1 is 1.14 bits per heavy atom. The second-order valence-electron chi connectivity index (χ2n) is 7.21. The molecule has 0 spiro atoms. The molecule has 0 aromatic carbocycles. The molecule has 6 atom stereocenters. The molecular weight excluding hydrogens is 405 g/mol. The van der Waals surface area contributed by atoms with Gasteiger partial charge in [-0.15, -0.1) is 0 Å². The highest BCUT2D eigenvalue weighted by molar-refractivity contribution is 7.59. The monoisotopic (exact) mass is 437 g/mol. The lowest BCUT2D eigenvalue weighted by Gasteiger charge is -2.29. The summed E-state index contributed by atoms with van der Waals surface area (Å²) in [7, 11) is -4.28. The van der Waals surface area contributed by atoms with E-state index in [9.17, 15) is 28.6 Å². The van der Waals surface area contributed by atoms with Gasteiger partial charge in [-0.3, -0.25) is 23.7 Å². The first-order valence-corrected chi connectivity index (χ1v) is 10.9. The molecule has 0 rings (SSSR count). The Labute approximate surface area is 169 Å². The van der Waals surface area contributed by atoms with E-state index in [4.69, 9.17) is 22.3 Å². The van der Waals surface area contributed by atoms with Crippen LogP contribution >= 0.6 is 7.37 Å². The lowest BCUT2D eigenvalue weighted by Crippen LogP contribution is -2.64. The van der Waals surface area contributed by atoms with Crippen LogP contribution in [-0.2, 0) is 23.7 Å². The minimum absolute atomic E-state index is 0.105. The zero-order chi connectivity index (χ0) is 23.2. The van der Waals surface area contributed by atoms with Gasteiger partial charge in [-0.05, 0) is 27.2 Å². The lowest BCUT2D eigenvalue weighted by molar-refractivity contribution is -0.139. The molecule has 0 saturated carbocycles. The molecule has 0 radical (unpaired) electrons. The smallest absolute Gasteiger partial charge is 0.306 e. The maximum absolute atomic E-state index is 12.6. The Balaban J connectivity index is 5.58. The van der Waals surface area contributed by atoms with E-state index in [1.54, 1.807) is 6.92 Å². The third-order valence-electron chi connectivity index (χ3n) is 4.30. The van der Waals surface area contributed by atoms with Gasteiger partial charge < -0.3 is 37.8 Å². The van der Waals surface area contributed by atoms with Gasteiger partial charge in [-0.1, -0.05) is 13.3 Å². The Bertz CT molecular complexity index is 681. The number of Topliss-reactive ketones (excluding diaryl/α,β-unsaturated/α-hetero) is 1. The number of carboxylic acids is 1. The van der Waals surface area contributed by atoms with E-state index in [1.807, 2.05) is 0 Å². The first-order valence-electron chi connectivity index (χ1n) is 9.08. The predicted molar refractivity (Wildman–Crippen MR) is 106 cm³/mol. The fourth-order valence-electron chi connectivity index (χ4n) is 2.44. The van der Waals surface area contributed by atoms with E-state index >= 15 is 0 Å².